The first kappa shape index (κ1) is 16.7. The second-order valence-electron chi connectivity index (χ2n) is 4.84. The van der Waals surface area contributed by atoms with Crippen molar-refractivity contribution >= 4 is 48.9 Å². The smallest absolute Gasteiger partial charge is 0.252 e. The molecule has 0 saturated carbocycles. The zero-order valence-corrected chi connectivity index (χ0v) is 15.2. The maximum Gasteiger partial charge on any atom is 0.252 e. The van der Waals surface area contributed by atoms with Gasteiger partial charge in [-0.05, 0) is 47.8 Å². The molecule has 8 heteroatoms. The van der Waals surface area contributed by atoms with Gasteiger partial charge in [0.05, 0.1) is 8.81 Å². The van der Waals surface area contributed by atoms with Crippen LogP contribution in [0.3, 0.4) is 0 Å². The molecule has 1 unspecified atom stereocenters. The number of thiophene rings is 1. The van der Waals surface area contributed by atoms with Crippen LogP contribution in [0, 0.1) is 0 Å². The second kappa shape index (κ2) is 7.07. The van der Waals surface area contributed by atoms with Crippen LogP contribution in [0.2, 0.25) is 5.02 Å². The number of hydrogen-bond donors (Lipinski definition) is 1. The average molecular weight is 402 g/mol. The molecule has 1 fully saturated rings. The predicted molar refractivity (Wildman–Crippen MR) is 87.1 cm³/mol. The first-order valence-electron chi connectivity index (χ1n) is 6.63. The minimum Gasteiger partial charge on any atom is -0.313 e. The van der Waals surface area contributed by atoms with Gasteiger partial charge in [-0.15, -0.1) is 11.3 Å². The molecule has 1 aliphatic heterocycles. The molecule has 1 N–H and O–H groups in total. The van der Waals surface area contributed by atoms with Crippen molar-refractivity contribution in [3.63, 3.8) is 0 Å². The number of rotatable bonds is 5. The van der Waals surface area contributed by atoms with Gasteiger partial charge >= 0.3 is 0 Å². The van der Waals surface area contributed by atoms with E-state index >= 15 is 0 Å². The lowest BCUT2D eigenvalue weighted by atomic mass is 10.1. The lowest BCUT2D eigenvalue weighted by molar-refractivity contribution is 0.284. The van der Waals surface area contributed by atoms with E-state index in [0.29, 0.717) is 26.1 Å². The highest BCUT2D eigenvalue weighted by Gasteiger charge is 2.31. The predicted octanol–water partition coefficient (Wildman–Crippen LogP) is 3.32. The van der Waals surface area contributed by atoms with Gasteiger partial charge in [-0.2, -0.15) is 4.31 Å². The molecule has 1 atom stereocenters. The van der Waals surface area contributed by atoms with Crippen LogP contribution < -0.4 is 5.32 Å². The van der Waals surface area contributed by atoms with E-state index < -0.39 is 10.0 Å². The molecular weight excluding hydrogens is 384 g/mol. The Morgan fingerprint density at radius 3 is 2.95 bits per heavy atom. The van der Waals surface area contributed by atoms with Gasteiger partial charge in [0, 0.05) is 19.1 Å². The standard InChI is InChI=1S/C12H18BrClN2O2S2/c1-2-5-15-9-4-3-6-16(8-9)20(17,18)11-7-10(14)12(13)19-11/h7,9,15H,2-6,8H2,1H3. The average Bonchev–Trinajstić information content (AvgIpc) is 2.77. The molecule has 1 saturated heterocycles. The van der Waals surface area contributed by atoms with Crippen molar-refractivity contribution in [2.75, 3.05) is 19.6 Å². The number of piperidine rings is 1. The summed E-state index contributed by atoms with van der Waals surface area (Å²) in [5.74, 6) is 0. The SMILES string of the molecule is CCCNC1CCCN(S(=O)(=O)c2cc(Cl)c(Br)s2)C1. The Labute approximate surface area is 137 Å². The van der Waals surface area contributed by atoms with Gasteiger partial charge in [0.15, 0.2) is 0 Å². The molecule has 0 amide bonds. The van der Waals surface area contributed by atoms with Crippen molar-refractivity contribution in [3.8, 4) is 0 Å². The highest BCUT2D eigenvalue weighted by molar-refractivity contribution is 9.11. The molecule has 0 aromatic carbocycles. The van der Waals surface area contributed by atoms with Crippen LogP contribution >= 0.6 is 38.9 Å². The van der Waals surface area contributed by atoms with Crippen molar-refractivity contribution in [1.82, 2.24) is 9.62 Å². The zero-order chi connectivity index (χ0) is 14.8. The first-order valence-corrected chi connectivity index (χ1v) is 10.1. The molecule has 114 valence electrons. The molecule has 0 radical (unpaired) electrons. The summed E-state index contributed by atoms with van der Waals surface area (Å²) >= 11 is 10.4. The molecule has 1 aromatic rings. The third-order valence-electron chi connectivity index (χ3n) is 3.28. The lowest BCUT2D eigenvalue weighted by Crippen LogP contribution is -2.47. The molecule has 0 spiro atoms. The summed E-state index contributed by atoms with van der Waals surface area (Å²) in [6.45, 7) is 4.15. The van der Waals surface area contributed by atoms with Gasteiger partial charge < -0.3 is 5.32 Å². The highest BCUT2D eigenvalue weighted by atomic mass is 79.9. The van der Waals surface area contributed by atoms with Gasteiger partial charge in [0.1, 0.15) is 4.21 Å². The Morgan fingerprint density at radius 1 is 1.60 bits per heavy atom. The van der Waals surface area contributed by atoms with Crippen molar-refractivity contribution in [1.29, 1.82) is 0 Å². The molecule has 20 heavy (non-hydrogen) atoms. The van der Waals surface area contributed by atoms with E-state index in [4.69, 9.17) is 11.6 Å². The number of nitrogens with zero attached hydrogens (tertiary/aromatic N) is 1. The molecule has 2 rings (SSSR count). The zero-order valence-electron chi connectivity index (χ0n) is 11.2. The van der Waals surface area contributed by atoms with E-state index in [0.717, 1.165) is 25.8 Å². The van der Waals surface area contributed by atoms with Crippen LogP contribution in [0.5, 0.6) is 0 Å². The third-order valence-corrected chi connectivity index (χ3v) is 8.07. The van der Waals surface area contributed by atoms with E-state index in [1.165, 1.54) is 17.4 Å². The Hall–Kier alpha value is 0.340. The summed E-state index contributed by atoms with van der Waals surface area (Å²) in [7, 11) is -3.42. The fourth-order valence-corrected chi connectivity index (χ4v) is 6.33. The van der Waals surface area contributed by atoms with Crippen molar-refractivity contribution in [2.24, 2.45) is 0 Å². The Bertz CT molecular complexity index is 542. The van der Waals surface area contributed by atoms with Crippen LogP contribution in [-0.4, -0.2) is 38.4 Å². The van der Waals surface area contributed by atoms with E-state index in [1.807, 2.05) is 0 Å². The summed E-state index contributed by atoms with van der Waals surface area (Å²) < 4.78 is 27.7. The Morgan fingerprint density at radius 2 is 2.35 bits per heavy atom. The molecule has 1 aromatic heterocycles. The van der Waals surface area contributed by atoms with Gasteiger partial charge in [-0.25, -0.2) is 8.42 Å². The maximum absolute atomic E-state index is 12.6. The molecule has 2 heterocycles. The van der Waals surface area contributed by atoms with Gasteiger partial charge in [-0.3, -0.25) is 0 Å². The van der Waals surface area contributed by atoms with Gasteiger partial charge in [0.2, 0.25) is 0 Å². The van der Waals surface area contributed by atoms with Crippen LogP contribution in [0.15, 0.2) is 14.1 Å². The third kappa shape index (κ3) is 3.75. The van der Waals surface area contributed by atoms with E-state index in [2.05, 4.69) is 28.2 Å². The summed E-state index contributed by atoms with van der Waals surface area (Å²) in [6.07, 6.45) is 2.97. The van der Waals surface area contributed by atoms with Crippen LogP contribution in [0.4, 0.5) is 0 Å². The minimum absolute atomic E-state index is 0.248. The fraction of sp³-hybridized carbons (Fsp3) is 0.667. The first-order chi connectivity index (χ1) is 9.45. The normalized spacial score (nSPS) is 21.2. The van der Waals surface area contributed by atoms with Gasteiger partial charge in [-0.1, -0.05) is 18.5 Å². The van der Waals surface area contributed by atoms with Crippen molar-refractivity contribution in [2.45, 2.75) is 36.4 Å². The second-order valence-corrected chi connectivity index (χ2v) is 9.79. The van der Waals surface area contributed by atoms with Gasteiger partial charge in [0.25, 0.3) is 10.0 Å². The quantitative estimate of drug-likeness (QED) is 0.823. The molecule has 1 aliphatic rings. The number of nitrogens with one attached hydrogen (secondary N) is 1. The molecule has 4 nitrogen and oxygen atoms in total. The van der Waals surface area contributed by atoms with E-state index in [-0.39, 0.29) is 6.04 Å². The number of halogens is 2. The summed E-state index contributed by atoms with van der Waals surface area (Å²) in [5, 5.41) is 3.85. The molecule has 0 aliphatic carbocycles. The van der Waals surface area contributed by atoms with Crippen molar-refractivity contribution in [3.05, 3.63) is 14.9 Å². The Kier molecular flexibility index (Phi) is 5.90. The number of hydrogen-bond acceptors (Lipinski definition) is 4. The van der Waals surface area contributed by atoms with Crippen LogP contribution in [0.25, 0.3) is 0 Å². The minimum atomic E-state index is -3.42. The largest absolute Gasteiger partial charge is 0.313 e. The van der Waals surface area contributed by atoms with Crippen molar-refractivity contribution < 1.29 is 8.42 Å². The molecule has 0 bridgehead atoms. The van der Waals surface area contributed by atoms with Crippen LogP contribution in [-0.2, 0) is 10.0 Å². The fourth-order valence-electron chi connectivity index (χ4n) is 2.26. The Balaban J connectivity index is 2.12. The highest BCUT2D eigenvalue weighted by Crippen LogP contribution is 2.36. The maximum atomic E-state index is 12.6. The van der Waals surface area contributed by atoms with E-state index in [1.54, 1.807) is 4.31 Å². The summed E-state index contributed by atoms with van der Waals surface area (Å²) in [5.41, 5.74) is 0. The van der Waals surface area contributed by atoms with E-state index in [9.17, 15) is 8.42 Å². The summed E-state index contributed by atoms with van der Waals surface area (Å²) in [6, 6.07) is 1.77. The monoisotopic (exact) mass is 400 g/mol. The number of sulfonamides is 1. The molecular formula is C12H18BrClN2O2S2. The topological polar surface area (TPSA) is 49.4 Å². The summed E-state index contributed by atoms with van der Waals surface area (Å²) in [4.78, 5) is 0. The lowest BCUT2D eigenvalue weighted by Gasteiger charge is -2.32. The van der Waals surface area contributed by atoms with Crippen LogP contribution in [0.1, 0.15) is 26.2 Å².